The van der Waals surface area contributed by atoms with Gasteiger partial charge in [-0.1, -0.05) is 41.3 Å². The Hall–Kier alpha value is -2.12. The summed E-state index contributed by atoms with van der Waals surface area (Å²) >= 11 is 3.14. The van der Waals surface area contributed by atoms with Crippen LogP contribution >= 0.6 is 23.1 Å². The highest BCUT2D eigenvalue weighted by molar-refractivity contribution is 8.00. The fourth-order valence-corrected chi connectivity index (χ4v) is 3.48. The van der Waals surface area contributed by atoms with Crippen LogP contribution < -0.4 is 10.1 Å². The van der Waals surface area contributed by atoms with Crippen LogP contribution in [0, 0.1) is 0 Å². The average Bonchev–Trinajstić information content (AvgIpc) is 3.02. The molecular formula is C15H14N4OS2. The molecule has 0 aliphatic heterocycles. The fraction of sp³-hybridized carbons (Fsp3) is 0.133. The van der Waals surface area contributed by atoms with Crippen LogP contribution in [0.3, 0.4) is 0 Å². The lowest BCUT2D eigenvalue weighted by molar-refractivity contribution is 0.417. The molecule has 0 aliphatic rings. The Morgan fingerprint density at radius 3 is 2.82 bits per heavy atom. The topological polar surface area (TPSA) is 59.9 Å². The van der Waals surface area contributed by atoms with Crippen LogP contribution in [0.1, 0.15) is 5.69 Å². The van der Waals surface area contributed by atoms with Crippen molar-refractivity contribution in [2.24, 2.45) is 0 Å². The summed E-state index contributed by atoms with van der Waals surface area (Å²) in [5.74, 6) is 1.56. The minimum absolute atomic E-state index is 0.744. The molecule has 0 aliphatic carbocycles. The van der Waals surface area contributed by atoms with Gasteiger partial charge in [-0.3, -0.25) is 4.98 Å². The number of benzene rings is 1. The highest BCUT2D eigenvalue weighted by atomic mass is 32.2. The summed E-state index contributed by atoms with van der Waals surface area (Å²) in [6.45, 7) is 0. The summed E-state index contributed by atoms with van der Waals surface area (Å²) in [6, 6.07) is 13.6. The van der Waals surface area contributed by atoms with Crippen molar-refractivity contribution in [3.8, 4) is 5.75 Å². The van der Waals surface area contributed by atoms with E-state index in [1.807, 2.05) is 42.5 Å². The zero-order valence-electron chi connectivity index (χ0n) is 11.9. The first-order valence-electron chi connectivity index (χ1n) is 6.61. The summed E-state index contributed by atoms with van der Waals surface area (Å²) in [7, 11) is 1.65. The van der Waals surface area contributed by atoms with Crippen LogP contribution in [0.2, 0.25) is 0 Å². The first-order valence-corrected chi connectivity index (χ1v) is 8.41. The number of aromatic nitrogens is 3. The molecule has 2 heterocycles. The van der Waals surface area contributed by atoms with Gasteiger partial charge in [0.05, 0.1) is 18.5 Å². The van der Waals surface area contributed by atoms with Gasteiger partial charge in [-0.25, -0.2) is 0 Å². The quantitative estimate of drug-likeness (QED) is 0.690. The first-order chi connectivity index (χ1) is 10.8. The van der Waals surface area contributed by atoms with E-state index in [9.17, 15) is 0 Å². The van der Waals surface area contributed by atoms with Crippen LogP contribution in [-0.2, 0) is 5.75 Å². The molecule has 0 atom stereocenters. The van der Waals surface area contributed by atoms with Crippen LogP contribution in [0.15, 0.2) is 53.0 Å². The predicted octanol–water partition coefficient (Wildman–Crippen LogP) is 3.98. The van der Waals surface area contributed by atoms with Crippen LogP contribution in [0.4, 0.5) is 10.8 Å². The maximum absolute atomic E-state index is 5.31. The normalized spacial score (nSPS) is 10.4. The molecule has 2 aromatic heterocycles. The van der Waals surface area contributed by atoms with Gasteiger partial charge >= 0.3 is 0 Å². The number of para-hydroxylation sites is 2. The lowest BCUT2D eigenvalue weighted by Gasteiger charge is -2.07. The summed E-state index contributed by atoms with van der Waals surface area (Å²) in [6.07, 6.45) is 1.80. The molecule has 0 spiro atoms. The number of anilines is 2. The Bertz CT molecular complexity index is 733. The first kappa shape index (κ1) is 14.8. The van der Waals surface area contributed by atoms with E-state index in [-0.39, 0.29) is 0 Å². The van der Waals surface area contributed by atoms with E-state index in [0.717, 1.165) is 32.4 Å². The van der Waals surface area contributed by atoms with Crippen molar-refractivity contribution >= 4 is 33.9 Å². The molecule has 7 heteroatoms. The molecule has 112 valence electrons. The van der Waals surface area contributed by atoms with Crippen LogP contribution in [0.5, 0.6) is 5.75 Å². The summed E-state index contributed by atoms with van der Waals surface area (Å²) in [4.78, 5) is 4.29. The van der Waals surface area contributed by atoms with Gasteiger partial charge in [-0.15, -0.1) is 10.2 Å². The Kier molecular flexibility index (Phi) is 4.87. The van der Waals surface area contributed by atoms with E-state index in [0.29, 0.717) is 0 Å². The van der Waals surface area contributed by atoms with Crippen molar-refractivity contribution in [3.63, 3.8) is 0 Å². The van der Waals surface area contributed by atoms with E-state index < -0.39 is 0 Å². The zero-order chi connectivity index (χ0) is 15.2. The molecule has 1 N–H and O–H groups in total. The Labute approximate surface area is 136 Å². The second-order valence-electron chi connectivity index (χ2n) is 4.31. The van der Waals surface area contributed by atoms with Crippen molar-refractivity contribution in [1.82, 2.24) is 15.2 Å². The van der Waals surface area contributed by atoms with Gasteiger partial charge in [-0.2, -0.15) is 0 Å². The standard InChI is InChI=1S/C15H14N4OS2/c1-20-13-8-3-2-7-12(13)17-14-18-19-15(22-14)21-10-11-6-4-5-9-16-11/h2-9H,10H2,1H3,(H,17,18). The van der Waals surface area contributed by atoms with Crippen LogP contribution in [-0.4, -0.2) is 22.3 Å². The molecule has 0 saturated carbocycles. The smallest absolute Gasteiger partial charge is 0.210 e. The fourth-order valence-electron chi connectivity index (χ4n) is 1.80. The molecule has 5 nitrogen and oxygen atoms in total. The Morgan fingerprint density at radius 2 is 2.00 bits per heavy atom. The van der Waals surface area contributed by atoms with Crippen molar-refractivity contribution in [1.29, 1.82) is 0 Å². The average molecular weight is 330 g/mol. The van der Waals surface area contributed by atoms with Gasteiger partial charge in [0.25, 0.3) is 0 Å². The summed E-state index contributed by atoms with van der Waals surface area (Å²) in [5, 5.41) is 12.3. The van der Waals surface area contributed by atoms with Gasteiger partial charge in [-0.05, 0) is 24.3 Å². The summed E-state index contributed by atoms with van der Waals surface area (Å²) in [5.41, 5.74) is 1.91. The number of thioether (sulfide) groups is 1. The number of rotatable bonds is 6. The second-order valence-corrected chi connectivity index (χ2v) is 6.51. The largest absolute Gasteiger partial charge is 0.495 e. The van der Waals surface area contributed by atoms with Gasteiger partial charge in [0.15, 0.2) is 4.34 Å². The molecule has 0 bridgehead atoms. The third-order valence-corrected chi connectivity index (χ3v) is 4.83. The Morgan fingerprint density at radius 1 is 1.14 bits per heavy atom. The zero-order valence-corrected chi connectivity index (χ0v) is 13.5. The van der Waals surface area contributed by atoms with Crippen molar-refractivity contribution in [2.75, 3.05) is 12.4 Å². The van der Waals surface area contributed by atoms with E-state index in [4.69, 9.17) is 4.74 Å². The lowest BCUT2D eigenvalue weighted by atomic mass is 10.3. The predicted molar refractivity (Wildman–Crippen MR) is 90.0 cm³/mol. The van der Waals surface area contributed by atoms with E-state index in [1.54, 1.807) is 25.1 Å². The lowest BCUT2D eigenvalue weighted by Crippen LogP contribution is -1.93. The molecule has 0 fully saturated rings. The third-order valence-electron chi connectivity index (χ3n) is 2.82. The Balaban J connectivity index is 1.64. The molecular weight excluding hydrogens is 316 g/mol. The van der Waals surface area contributed by atoms with Crippen molar-refractivity contribution in [2.45, 2.75) is 10.1 Å². The third kappa shape index (κ3) is 3.75. The van der Waals surface area contributed by atoms with E-state index in [1.165, 1.54) is 11.3 Å². The minimum Gasteiger partial charge on any atom is -0.495 e. The highest BCUT2D eigenvalue weighted by Gasteiger charge is 2.08. The molecule has 0 radical (unpaired) electrons. The molecule has 0 unspecified atom stereocenters. The number of nitrogens with zero attached hydrogens (tertiary/aromatic N) is 3. The molecule has 1 aromatic carbocycles. The van der Waals surface area contributed by atoms with E-state index >= 15 is 0 Å². The van der Waals surface area contributed by atoms with Crippen molar-refractivity contribution in [3.05, 3.63) is 54.4 Å². The number of methoxy groups -OCH3 is 1. The maximum atomic E-state index is 5.31. The molecule has 3 rings (SSSR count). The molecule has 3 aromatic rings. The highest BCUT2D eigenvalue weighted by Crippen LogP contribution is 2.32. The maximum Gasteiger partial charge on any atom is 0.210 e. The number of nitrogens with one attached hydrogen (secondary N) is 1. The van der Waals surface area contributed by atoms with Crippen molar-refractivity contribution < 1.29 is 4.74 Å². The second kappa shape index (κ2) is 7.24. The van der Waals surface area contributed by atoms with Gasteiger partial charge in [0.2, 0.25) is 5.13 Å². The number of pyridine rings is 1. The molecule has 0 saturated heterocycles. The minimum atomic E-state index is 0.744. The van der Waals surface area contributed by atoms with Gasteiger partial charge in [0, 0.05) is 11.9 Å². The van der Waals surface area contributed by atoms with Crippen LogP contribution in [0.25, 0.3) is 0 Å². The molecule has 22 heavy (non-hydrogen) atoms. The number of ether oxygens (including phenoxy) is 1. The monoisotopic (exact) mass is 330 g/mol. The van der Waals surface area contributed by atoms with Gasteiger partial charge in [0.1, 0.15) is 5.75 Å². The number of hydrogen-bond donors (Lipinski definition) is 1. The SMILES string of the molecule is COc1ccccc1Nc1nnc(SCc2ccccn2)s1. The van der Waals surface area contributed by atoms with Gasteiger partial charge < -0.3 is 10.1 Å². The van der Waals surface area contributed by atoms with E-state index in [2.05, 4.69) is 20.5 Å². The summed E-state index contributed by atoms with van der Waals surface area (Å²) < 4.78 is 6.22. The number of hydrogen-bond acceptors (Lipinski definition) is 7. The molecule has 0 amide bonds.